The van der Waals surface area contributed by atoms with E-state index in [0.29, 0.717) is 0 Å². The van der Waals surface area contributed by atoms with Gasteiger partial charge in [0.25, 0.3) is 0 Å². The van der Waals surface area contributed by atoms with Gasteiger partial charge in [0.1, 0.15) is 0 Å². The van der Waals surface area contributed by atoms with Crippen molar-refractivity contribution in [3.63, 3.8) is 0 Å². The lowest BCUT2D eigenvalue weighted by Gasteiger charge is -2.26. The van der Waals surface area contributed by atoms with Crippen molar-refractivity contribution in [2.75, 3.05) is 4.90 Å². The van der Waals surface area contributed by atoms with Crippen molar-refractivity contribution in [2.24, 2.45) is 0 Å². The topological polar surface area (TPSA) is 3.24 Å². The Hall–Kier alpha value is -0.149. The monoisotopic (exact) mass is 536 g/mol. The molecule has 0 fully saturated rings. The molecule has 0 bridgehead atoms. The molecule has 0 aliphatic rings. The molecule has 0 heterocycles. The molecule has 0 saturated carbocycles. The lowest BCUT2D eigenvalue weighted by Crippen LogP contribution is -2.29. The van der Waals surface area contributed by atoms with Crippen LogP contribution in [0.25, 0.3) is 0 Å². The molecule has 28 heavy (non-hydrogen) atoms. The number of rotatable bonds is 6. The van der Waals surface area contributed by atoms with Gasteiger partial charge in [0.2, 0.25) is 8.83 Å². The number of benzene rings is 3. The van der Waals surface area contributed by atoms with Gasteiger partial charge in [0, 0.05) is 17.1 Å². The highest BCUT2D eigenvalue weighted by molar-refractivity contribution is 7.69. The first-order chi connectivity index (χ1) is 13.3. The highest BCUT2D eigenvalue weighted by atomic mass is 35.8. The second-order valence-electron chi connectivity index (χ2n) is 5.83. The van der Waals surface area contributed by atoms with Crippen LogP contribution in [-0.4, -0.2) is 22.2 Å². The summed E-state index contributed by atoms with van der Waals surface area (Å²) in [6.45, 7) is 0. The molecule has 3 aromatic rings. The predicted molar refractivity (Wildman–Crippen MR) is 132 cm³/mol. The van der Waals surface area contributed by atoms with E-state index in [0.717, 1.165) is 32.6 Å². The first-order valence-corrected chi connectivity index (χ1v) is 18.6. The van der Waals surface area contributed by atoms with E-state index in [-0.39, 0.29) is 8.83 Å². The molecule has 0 aliphatic heterocycles. The van der Waals surface area contributed by atoms with Gasteiger partial charge in [-0.1, -0.05) is 36.4 Å². The molecule has 3 radical (unpaired) electrons. The Labute approximate surface area is 197 Å². The van der Waals surface area contributed by atoms with Crippen molar-refractivity contribution >= 4 is 121 Å². The molecule has 1 nitrogen and oxygen atoms in total. The number of nitrogens with zero attached hydrogens (tertiary/aromatic N) is 1. The summed E-state index contributed by atoms with van der Waals surface area (Å²) >= 11 is 36.5. The standard InChI is InChI=1S/C18H12Cl6NSi3/c19-26-16-7-1-13(2-8-16)25(14-3-9-17(10-4-14)27(20)21)15-5-11-18(12-6-15)28(22,23)24/h1-12H. The molecular formula is C18H12Cl6NSi3. The van der Waals surface area contributed by atoms with Gasteiger partial charge in [-0.2, -0.15) is 11.1 Å². The second kappa shape index (κ2) is 9.77. The van der Waals surface area contributed by atoms with Crippen LogP contribution in [0.1, 0.15) is 0 Å². The van der Waals surface area contributed by atoms with E-state index < -0.39 is 13.4 Å². The van der Waals surface area contributed by atoms with Crippen LogP contribution in [0.3, 0.4) is 0 Å². The summed E-state index contributed by atoms with van der Waals surface area (Å²) in [5.41, 5.74) is 2.91. The minimum atomic E-state index is -2.92. The van der Waals surface area contributed by atoms with Crippen molar-refractivity contribution in [3.8, 4) is 0 Å². The summed E-state index contributed by atoms with van der Waals surface area (Å²) in [6, 6.07) is 20.7. The molecular weight excluding hydrogens is 527 g/mol. The van der Waals surface area contributed by atoms with Crippen molar-refractivity contribution in [3.05, 3.63) is 72.8 Å². The third kappa shape index (κ3) is 5.51. The normalized spacial score (nSPS) is 11.7. The Bertz CT molecular complexity index is 912. The molecule has 3 aromatic carbocycles. The van der Waals surface area contributed by atoms with Crippen LogP contribution in [0.2, 0.25) is 0 Å². The summed E-state index contributed by atoms with van der Waals surface area (Å²) in [5, 5.41) is 2.76. The van der Waals surface area contributed by atoms with Gasteiger partial charge in [0.15, 0.2) is 0 Å². The smallest absolute Gasteiger partial charge is 0.311 e. The van der Waals surface area contributed by atoms with Gasteiger partial charge >= 0.3 is 13.4 Å². The summed E-state index contributed by atoms with van der Waals surface area (Å²) in [5.74, 6) is 0. The Kier molecular flexibility index (Phi) is 7.86. The Morgan fingerprint density at radius 1 is 0.679 bits per heavy atom. The zero-order valence-corrected chi connectivity index (χ0v) is 21.7. The van der Waals surface area contributed by atoms with Gasteiger partial charge in [-0.15, -0.1) is 55.4 Å². The van der Waals surface area contributed by atoms with Crippen LogP contribution in [0.5, 0.6) is 0 Å². The van der Waals surface area contributed by atoms with Crippen LogP contribution in [0, 0.1) is 0 Å². The maximum atomic E-state index is 6.13. The minimum Gasteiger partial charge on any atom is -0.311 e. The van der Waals surface area contributed by atoms with Gasteiger partial charge in [-0.3, -0.25) is 0 Å². The summed E-state index contributed by atoms with van der Waals surface area (Å²) in [6.07, 6.45) is 0. The van der Waals surface area contributed by atoms with Crippen LogP contribution in [0.15, 0.2) is 72.8 Å². The SMILES string of the molecule is Cl[Si]c1ccc(N(c2ccc([Si](Cl)Cl)cc2)c2ccc([Si](Cl)(Cl)Cl)cc2)cc1. The third-order valence-corrected chi connectivity index (χ3v) is 10.3. The molecule has 0 atom stereocenters. The molecule has 0 aromatic heterocycles. The fourth-order valence-corrected chi connectivity index (χ4v) is 6.18. The fourth-order valence-electron chi connectivity index (χ4n) is 2.66. The number of anilines is 3. The van der Waals surface area contributed by atoms with Crippen LogP contribution in [0.4, 0.5) is 17.1 Å². The van der Waals surface area contributed by atoms with Gasteiger partial charge < -0.3 is 4.90 Å². The molecule has 0 unspecified atom stereocenters. The second-order valence-corrected chi connectivity index (χ2v) is 19.5. The number of hydrogen-bond acceptors (Lipinski definition) is 1. The average molecular weight is 539 g/mol. The van der Waals surface area contributed by atoms with Crippen molar-refractivity contribution in [1.82, 2.24) is 0 Å². The molecule has 0 aliphatic carbocycles. The predicted octanol–water partition coefficient (Wildman–Crippen LogP) is 5.67. The van der Waals surface area contributed by atoms with E-state index in [1.165, 1.54) is 0 Å². The van der Waals surface area contributed by atoms with Crippen LogP contribution >= 0.6 is 66.5 Å². The fraction of sp³-hybridized carbons (Fsp3) is 0. The molecule has 3 rings (SSSR count). The van der Waals surface area contributed by atoms with Crippen molar-refractivity contribution < 1.29 is 0 Å². The molecule has 143 valence electrons. The maximum absolute atomic E-state index is 6.13. The average Bonchev–Trinajstić information content (AvgIpc) is 2.69. The molecule has 10 heteroatoms. The molecule has 0 N–H and O–H groups in total. The van der Waals surface area contributed by atoms with E-state index >= 15 is 0 Å². The van der Waals surface area contributed by atoms with Crippen LogP contribution < -0.4 is 20.5 Å². The molecule has 0 amide bonds. The van der Waals surface area contributed by atoms with Crippen molar-refractivity contribution in [2.45, 2.75) is 0 Å². The highest BCUT2D eigenvalue weighted by Gasteiger charge is 2.28. The quantitative estimate of drug-likeness (QED) is 0.288. The van der Waals surface area contributed by atoms with Crippen LogP contribution in [-0.2, 0) is 0 Å². The molecule has 0 spiro atoms. The highest BCUT2D eigenvalue weighted by Crippen LogP contribution is 2.34. The lowest BCUT2D eigenvalue weighted by atomic mass is 10.2. The van der Waals surface area contributed by atoms with Gasteiger partial charge in [0.05, 0.1) is 0 Å². The summed E-state index contributed by atoms with van der Waals surface area (Å²) in [7, 11) is -1.31. The third-order valence-electron chi connectivity index (χ3n) is 4.03. The first-order valence-electron chi connectivity index (χ1n) is 8.02. The minimum absolute atomic E-state index is 0.228. The Balaban J connectivity index is 2.05. The van der Waals surface area contributed by atoms with E-state index in [1.807, 2.05) is 72.8 Å². The van der Waals surface area contributed by atoms with Gasteiger partial charge in [-0.25, -0.2) is 0 Å². The first kappa shape index (κ1) is 22.5. The zero-order chi connectivity index (χ0) is 20.3. The Morgan fingerprint density at radius 3 is 1.50 bits per heavy atom. The summed E-state index contributed by atoms with van der Waals surface area (Å²) in [4.78, 5) is 2.11. The molecule has 0 saturated heterocycles. The zero-order valence-electron chi connectivity index (χ0n) is 14.1. The van der Waals surface area contributed by atoms with Gasteiger partial charge in [-0.05, 0) is 52.0 Å². The van der Waals surface area contributed by atoms with E-state index in [9.17, 15) is 0 Å². The number of hydrogen-bond donors (Lipinski definition) is 0. The number of halogens is 6. The summed E-state index contributed by atoms with van der Waals surface area (Å²) < 4.78 is 0. The van der Waals surface area contributed by atoms with Crippen molar-refractivity contribution in [1.29, 1.82) is 0 Å². The largest absolute Gasteiger partial charge is 0.372 e. The maximum Gasteiger partial charge on any atom is 0.372 e. The Morgan fingerprint density at radius 2 is 1.11 bits per heavy atom. The van der Waals surface area contributed by atoms with E-state index in [4.69, 9.17) is 66.5 Å². The lowest BCUT2D eigenvalue weighted by molar-refractivity contribution is 1.29. The van der Waals surface area contributed by atoms with E-state index in [1.54, 1.807) is 0 Å². The van der Waals surface area contributed by atoms with E-state index in [2.05, 4.69) is 4.90 Å².